The van der Waals surface area contributed by atoms with Crippen molar-refractivity contribution < 1.29 is 22.7 Å². The average molecular weight is 302 g/mol. The molecule has 114 valence electrons. The van der Waals surface area contributed by atoms with Crippen molar-refractivity contribution in [2.45, 2.75) is 32.9 Å². The van der Waals surface area contributed by atoms with Crippen molar-refractivity contribution >= 4 is 11.7 Å². The molecule has 0 saturated carbocycles. The van der Waals surface area contributed by atoms with Crippen molar-refractivity contribution in [3.8, 4) is 0 Å². The Balaban J connectivity index is 2.61. The summed E-state index contributed by atoms with van der Waals surface area (Å²) in [6.07, 6.45) is -2.52. The number of carbonyl (C=O) groups excluding carboxylic acids is 1. The predicted molar refractivity (Wildman–Crippen MR) is 65.7 cm³/mol. The van der Waals surface area contributed by atoms with Crippen LogP contribution in [0.1, 0.15) is 42.1 Å². The molecule has 0 fully saturated rings. The van der Waals surface area contributed by atoms with E-state index in [1.54, 1.807) is 6.92 Å². The number of alkyl halides is 3. The smallest absolute Gasteiger partial charge is 0.453 e. The van der Waals surface area contributed by atoms with Gasteiger partial charge in [0.2, 0.25) is 0 Å². The van der Waals surface area contributed by atoms with E-state index in [0.717, 1.165) is 4.52 Å². The third-order valence-electron chi connectivity index (χ3n) is 2.70. The van der Waals surface area contributed by atoms with E-state index in [2.05, 4.69) is 15.1 Å². The number of aryl methyl sites for hydroxylation is 1. The number of hydrogen-bond acceptors (Lipinski definition) is 5. The lowest BCUT2D eigenvalue weighted by Crippen LogP contribution is -2.14. The zero-order valence-electron chi connectivity index (χ0n) is 11.4. The lowest BCUT2D eigenvalue weighted by atomic mass is 10.1. The molecule has 0 N–H and O–H groups in total. The number of halogens is 3. The maximum atomic E-state index is 12.7. The molecular weight excluding hydrogens is 289 g/mol. The van der Waals surface area contributed by atoms with Crippen LogP contribution in [0.4, 0.5) is 13.2 Å². The Hall–Kier alpha value is -2.19. The molecule has 21 heavy (non-hydrogen) atoms. The van der Waals surface area contributed by atoms with E-state index in [1.165, 1.54) is 6.20 Å². The van der Waals surface area contributed by atoms with Crippen molar-refractivity contribution in [3.05, 3.63) is 23.3 Å². The van der Waals surface area contributed by atoms with Gasteiger partial charge in [0.1, 0.15) is 0 Å². The Labute approximate surface area is 118 Å². The van der Waals surface area contributed by atoms with Crippen molar-refractivity contribution in [2.75, 3.05) is 6.61 Å². The summed E-state index contributed by atoms with van der Waals surface area (Å²) in [6, 6.07) is 0. The predicted octanol–water partition coefficient (Wildman–Crippen LogP) is 2.27. The monoisotopic (exact) mass is 302 g/mol. The molecule has 0 radical (unpaired) electrons. The second-order valence-corrected chi connectivity index (χ2v) is 4.23. The van der Waals surface area contributed by atoms with Crippen LogP contribution in [0.5, 0.6) is 0 Å². The van der Waals surface area contributed by atoms with Crippen LogP contribution in [0.15, 0.2) is 6.20 Å². The van der Waals surface area contributed by atoms with Gasteiger partial charge in [-0.25, -0.2) is 9.78 Å². The number of nitrogens with zero attached hydrogens (tertiary/aromatic N) is 4. The van der Waals surface area contributed by atoms with Crippen LogP contribution in [-0.2, 0) is 17.3 Å². The molecule has 6 nitrogen and oxygen atoms in total. The van der Waals surface area contributed by atoms with E-state index >= 15 is 0 Å². The zero-order chi connectivity index (χ0) is 15.6. The van der Waals surface area contributed by atoms with Gasteiger partial charge in [-0.1, -0.05) is 13.3 Å². The first-order valence-corrected chi connectivity index (χ1v) is 6.37. The molecule has 2 rings (SSSR count). The lowest BCUT2D eigenvalue weighted by Gasteiger charge is -2.08. The quantitative estimate of drug-likeness (QED) is 0.810. The number of esters is 1. The van der Waals surface area contributed by atoms with Gasteiger partial charge in [0.15, 0.2) is 0 Å². The summed E-state index contributed by atoms with van der Waals surface area (Å²) >= 11 is 0. The highest BCUT2D eigenvalue weighted by atomic mass is 19.4. The minimum atomic E-state index is -4.67. The highest BCUT2D eigenvalue weighted by Crippen LogP contribution is 2.27. The van der Waals surface area contributed by atoms with E-state index < -0.39 is 18.0 Å². The van der Waals surface area contributed by atoms with Crippen LogP contribution < -0.4 is 0 Å². The number of aromatic nitrogens is 4. The van der Waals surface area contributed by atoms with Crippen molar-refractivity contribution in [3.63, 3.8) is 0 Å². The molecule has 2 aromatic rings. The normalized spacial score (nSPS) is 11.9. The molecule has 2 heterocycles. The first-order valence-electron chi connectivity index (χ1n) is 6.37. The van der Waals surface area contributed by atoms with Gasteiger partial charge in [-0.2, -0.15) is 22.7 Å². The Morgan fingerprint density at radius 1 is 1.38 bits per heavy atom. The molecular formula is C12H13F3N4O2. The Bertz CT molecular complexity index is 666. The van der Waals surface area contributed by atoms with Crippen molar-refractivity contribution in [1.29, 1.82) is 0 Å². The molecule has 2 aromatic heterocycles. The summed E-state index contributed by atoms with van der Waals surface area (Å²) in [5, 5.41) is 3.42. The third-order valence-corrected chi connectivity index (χ3v) is 2.70. The first-order chi connectivity index (χ1) is 9.88. The van der Waals surface area contributed by atoms with E-state index in [0.29, 0.717) is 18.5 Å². The van der Waals surface area contributed by atoms with Gasteiger partial charge in [0, 0.05) is 6.20 Å². The fraction of sp³-hybridized carbons (Fsp3) is 0.500. The number of carbonyl (C=O) groups is 1. The maximum absolute atomic E-state index is 12.7. The fourth-order valence-corrected chi connectivity index (χ4v) is 1.86. The Kier molecular flexibility index (Phi) is 4.10. The van der Waals surface area contributed by atoms with E-state index in [-0.39, 0.29) is 17.9 Å². The maximum Gasteiger partial charge on any atom is 0.453 e. The van der Waals surface area contributed by atoms with Crippen molar-refractivity contribution in [2.24, 2.45) is 0 Å². The van der Waals surface area contributed by atoms with Crippen LogP contribution in [0.25, 0.3) is 5.78 Å². The number of ether oxygens (including phenoxy) is 1. The van der Waals surface area contributed by atoms with Crippen LogP contribution >= 0.6 is 0 Å². The van der Waals surface area contributed by atoms with Crippen LogP contribution in [-0.4, -0.2) is 32.2 Å². The molecule has 0 amide bonds. The number of fused-ring (bicyclic) bond motifs is 1. The van der Waals surface area contributed by atoms with E-state index in [1.807, 2.05) is 6.92 Å². The Morgan fingerprint density at radius 2 is 2.10 bits per heavy atom. The second kappa shape index (κ2) is 5.66. The molecule has 0 spiro atoms. The molecule has 0 unspecified atom stereocenters. The van der Waals surface area contributed by atoms with Gasteiger partial charge in [0.05, 0.1) is 17.9 Å². The highest BCUT2D eigenvalue weighted by molar-refractivity contribution is 5.90. The molecule has 0 aliphatic rings. The van der Waals surface area contributed by atoms with Gasteiger partial charge in [0.25, 0.3) is 11.6 Å². The standard InChI is InChI=1S/C12H13F3N4O2/c1-3-5-8-7(9(20)21-4-2)6-16-11-17-10(12(13,14)15)18-19(8)11/h6H,3-5H2,1-2H3. The summed E-state index contributed by atoms with van der Waals surface area (Å²) in [5.74, 6) is -2.12. The van der Waals surface area contributed by atoms with Crippen LogP contribution in [0.3, 0.4) is 0 Å². The summed E-state index contributed by atoms with van der Waals surface area (Å²) in [6.45, 7) is 3.64. The molecule has 0 atom stereocenters. The summed E-state index contributed by atoms with van der Waals surface area (Å²) in [7, 11) is 0. The second-order valence-electron chi connectivity index (χ2n) is 4.23. The lowest BCUT2D eigenvalue weighted by molar-refractivity contribution is -0.144. The molecule has 0 aliphatic heterocycles. The molecule has 0 aliphatic carbocycles. The molecule has 0 saturated heterocycles. The SMILES string of the molecule is CCCc1c(C(=O)OCC)cnc2nc(C(F)(F)F)nn12. The average Bonchev–Trinajstić information content (AvgIpc) is 2.84. The topological polar surface area (TPSA) is 69.4 Å². The first kappa shape index (κ1) is 15.2. The molecule has 0 bridgehead atoms. The fourth-order valence-electron chi connectivity index (χ4n) is 1.86. The minimum absolute atomic E-state index is 0.102. The van der Waals surface area contributed by atoms with E-state index in [4.69, 9.17) is 4.74 Å². The zero-order valence-corrected chi connectivity index (χ0v) is 11.4. The van der Waals surface area contributed by atoms with E-state index in [9.17, 15) is 18.0 Å². The van der Waals surface area contributed by atoms with Gasteiger partial charge in [-0.3, -0.25) is 0 Å². The van der Waals surface area contributed by atoms with Crippen LogP contribution in [0.2, 0.25) is 0 Å². The Morgan fingerprint density at radius 3 is 2.67 bits per heavy atom. The summed E-state index contributed by atoms with van der Waals surface area (Å²) < 4.78 is 43.8. The minimum Gasteiger partial charge on any atom is -0.462 e. The van der Waals surface area contributed by atoms with Gasteiger partial charge >= 0.3 is 12.1 Å². The number of rotatable bonds is 4. The van der Waals surface area contributed by atoms with Gasteiger partial charge in [-0.15, -0.1) is 5.10 Å². The number of hydrogen-bond donors (Lipinski definition) is 0. The molecule has 9 heteroatoms. The van der Waals surface area contributed by atoms with Gasteiger partial charge < -0.3 is 4.74 Å². The van der Waals surface area contributed by atoms with Crippen LogP contribution in [0, 0.1) is 0 Å². The molecule has 0 aromatic carbocycles. The largest absolute Gasteiger partial charge is 0.462 e. The summed E-state index contributed by atoms with van der Waals surface area (Å²) in [5.41, 5.74) is 0.411. The highest BCUT2D eigenvalue weighted by Gasteiger charge is 2.37. The third kappa shape index (κ3) is 2.96. The van der Waals surface area contributed by atoms with Crippen molar-refractivity contribution in [1.82, 2.24) is 19.6 Å². The summed E-state index contributed by atoms with van der Waals surface area (Å²) in [4.78, 5) is 18.9. The van der Waals surface area contributed by atoms with Gasteiger partial charge in [-0.05, 0) is 13.3 Å².